The van der Waals surface area contributed by atoms with Gasteiger partial charge in [-0.1, -0.05) is 6.42 Å². The molecule has 15 heavy (non-hydrogen) atoms. The van der Waals surface area contributed by atoms with Crippen LogP contribution >= 0.6 is 0 Å². The average molecular weight is 209 g/mol. The van der Waals surface area contributed by atoms with Crippen LogP contribution in [0.3, 0.4) is 0 Å². The molecule has 1 aromatic heterocycles. The first kappa shape index (κ1) is 10.7. The summed E-state index contributed by atoms with van der Waals surface area (Å²) < 4.78 is 5.26. The Hall–Kier alpha value is -0.800. The maximum Gasteiger partial charge on any atom is 0.135 e. The van der Waals surface area contributed by atoms with Gasteiger partial charge >= 0.3 is 0 Å². The van der Waals surface area contributed by atoms with Gasteiger partial charge in [-0.25, -0.2) is 0 Å². The summed E-state index contributed by atoms with van der Waals surface area (Å²) in [7, 11) is 0. The fourth-order valence-corrected chi connectivity index (χ4v) is 2.26. The van der Waals surface area contributed by atoms with Crippen molar-refractivity contribution >= 4 is 0 Å². The zero-order chi connectivity index (χ0) is 10.7. The van der Waals surface area contributed by atoms with Crippen LogP contribution in [0.4, 0.5) is 0 Å². The van der Waals surface area contributed by atoms with Crippen molar-refractivity contribution in [2.45, 2.75) is 44.2 Å². The van der Waals surface area contributed by atoms with E-state index in [-0.39, 0.29) is 0 Å². The summed E-state index contributed by atoms with van der Waals surface area (Å²) in [6, 6.07) is 4.07. The molecule has 0 bridgehead atoms. The third kappa shape index (κ3) is 2.61. The maximum absolute atomic E-state index is 10.3. The van der Waals surface area contributed by atoms with Crippen LogP contribution in [0.2, 0.25) is 0 Å². The summed E-state index contributed by atoms with van der Waals surface area (Å²) >= 11 is 0. The molecular weight excluding hydrogens is 190 g/mol. The summed E-state index contributed by atoms with van der Waals surface area (Å²) in [6.45, 7) is 2.89. The molecule has 2 atom stereocenters. The van der Waals surface area contributed by atoms with Gasteiger partial charge in [0.05, 0.1) is 6.26 Å². The van der Waals surface area contributed by atoms with E-state index in [1.807, 2.05) is 19.1 Å². The molecule has 84 valence electrons. The molecule has 1 aliphatic rings. The number of piperidine rings is 1. The normalized spacial score (nSPS) is 26.1. The second-order valence-corrected chi connectivity index (χ2v) is 4.60. The molecule has 0 spiro atoms. The second-order valence-electron chi connectivity index (χ2n) is 4.60. The van der Waals surface area contributed by atoms with Crippen molar-refractivity contribution in [3.63, 3.8) is 0 Å². The van der Waals surface area contributed by atoms with Crippen LogP contribution in [-0.4, -0.2) is 17.7 Å². The van der Waals surface area contributed by atoms with Crippen LogP contribution in [0.15, 0.2) is 22.8 Å². The van der Waals surface area contributed by atoms with Crippen LogP contribution in [0, 0.1) is 0 Å². The molecule has 1 fully saturated rings. The molecule has 1 saturated heterocycles. The Labute approximate surface area is 90.5 Å². The van der Waals surface area contributed by atoms with Gasteiger partial charge in [0.15, 0.2) is 0 Å². The van der Waals surface area contributed by atoms with Crippen LogP contribution in [0.5, 0.6) is 0 Å². The predicted molar refractivity (Wildman–Crippen MR) is 58.5 cm³/mol. The van der Waals surface area contributed by atoms with Crippen molar-refractivity contribution in [2.24, 2.45) is 0 Å². The predicted octanol–water partition coefficient (Wildman–Crippen LogP) is 2.02. The summed E-state index contributed by atoms with van der Waals surface area (Å²) in [5.41, 5.74) is -0.849. The Morgan fingerprint density at radius 1 is 1.60 bits per heavy atom. The average Bonchev–Trinajstić information content (AvgIpc) is 2.71. The first-order valence-electron chi connectivity index (χ1n) is 5.68. The number of aliphatic hydroxyl groups is 1. The lowest BCUT2D eigenvalue weighted by molar-refractivity contribution is 0.0125. The minimum Gasteiger partial charge on any atom is -0.466 e. The van der Waals surface area contributed by atoms with Gasteiger partial charge in [0.2, 0.25) is 0 Å². The Bertz CT molecular complexity index is 287. The zero-order valence-corrected chi connectivity index (χ0v) is 9.20. The standard InChI is InChI=1S/C12H19NO2/c1-12(14,11-6-4-8-15-11)9-10-5-2-3-7-13-10/h4,6,8,10,13-14H,2-3,5,7,9H2,1H3. The zero-order valence-electron chi connectivity index (χ0n) is 9.20. The van der Waals surface area contributed by atoms with Gasteiger partial charge < -0.3 is 14.8 Å². The molecule has 0 amide bonds. The maximum atomic E-state index is 10.3. The monoisotopic (exact) mass is 209 g/mol. The van der Waals surface area contributed by atoms with Gasteiger partial charge in [-0.2, -0.15) is 0 Å². The van der Waals surface area contributed by atoms with Crippen LogP contribution in [0.1, 0.15) is 38.4 Å². The van der Waals surface area contributed by atoms with E-state index in [4.69, 9.17) is 4.42 Å². The molecule has 2 N–H and O–H groups in total. The Balaban J connectivity index is 1.97. The fourth-order valence-electron chi connectivity index (χ4n) is 2.26. The van der Waals surface area contributed by atoms with Crippen LogP contribution in [-0.2, 0) is 5.60 Å². The third-order valence-corrected chi connectivity index (χ3v) is 3.11. The highest BCUT2D eigenvalue weighted by Crippen LogP contribution is 2.28. The largest absolute Gasteiger partial charge is 0.466 e. The topological polar surface area (TPSA) is 45.4 Å². The van der Waals surface area contributed by atoms with E-state index in [1.54, 1.807) is 6.26 Å². The van der Waals surface area contributed by atoms with E-state index in [0.29, 0.717) is 11.8 Å². The number of rotatable bonds is 3. The first-order valence-corrected chi connectivity index (χ1v) is 5.68. The van der Waals surface area contributed by atoms with Crippen LogP contribution in [0.25, 0.3) is 0 Å². The van der Waals surface area contributed by atoms with Gasteiger partial charge in [0.1, 0.15) is 11.4 Å². The van der Waals surface area contributed by atoms with E-state index in [1.165, 1.54) is 12.8 Å². The summed E-state index contributed by atoms with van der Waals surface area (Å²) in [4.78, 5) is 0. The van der Waals surface area contributed by atoms with Gasteiger partial charge in [-0.05, 0) is 44.9 Å². The highest BCUT2D eigenvalue weighted by molar-refractivity contribution is 5.08. The van der Waals surface area contributed by atoms with Gasteiger partial charge in [0, 0.05) is 6.04 Å². The van der Waals surface area contributed by atoms with Gasteiger partial charge in [0.25, 0.3) is 0 Å². The second kappa shape index (κ2) is 4.37. The Kier molecular flexibility index (Phi) is 3.12. The molecule has 2 rings (SSSR count). The van der Waals surface area contributed by atoms with Crippen molar-refractivity contribution < 1.29 is 9.52 Å². The molecule has 1 aromatic rings. The highest BCUT2D eigenvalue weighted by atomic mass is 16.4. The molecule has 2 heterocycles. The lowest BCUT2D eigenvalue weighted by Crippen LogP contribution is -2.39. The van der Waals surface area contributed by atoms with Crippen molar-refractivity contribution in [1.82, 2.24) is 5.32 Å². The van der Waals surface area contributed by atoms with E-state index in [0.717, 1.165) is 19.4 Å². The lowest BCUT2D eigenvalue weighted by atomic mass is 9.90. The molecule has 0 aliphatic carbocycles. The molecule has 3 heteroatoms. The summed E-state index contributed by atoms with van der Waals surface area (Å²) in [6.07, 6.45) is 5.99. The summed E-state index contributed by atoms with van der Waals surface area (Å²) in [5.74, 6) is 0.662. The third-order valence-electron chi connectivity index (χ3n) is 3.11. The Morgan fingerprint density at radius 3 is 3.07 bits per heavy atom. The van der Waals surface area contributed by atoms with Crippen molar-refractivity contribution in [3.05, 3.63) is 24.2 Å². The van der Waals surface area contributed by atoms with Crippen molar-refractivity contribution in [1.29, 1.82) is 0 Å². The minimum absolute atomic E-state index is 0.416. The SMILES string of the molecule is CC(O)(CC1CCCCN1)c1ccco1. The molecule has 0 aromatic carbocycles. The van der Waals surface area contributed by atoms with E-state index in [2.05, 4.69) is 5.32 Å². The number of hydrogen-bond acceptors (Lipinski definition) is 3. The fraction of sp³-hybridized carbons (Fsp3) is 0.667. The lowest BCUT2D eigenvalue weighted by Gasteiger charge is -2.30. The molecule has 0 saturated carbocycles. The number of furan rings is 1. The highest BCUT2D eigenvalue weighted by Gasteiger charge is 2.30. The first-order chi connectivity index (χ1) is 7.18. The molecule has 3 nitrogen and oxygen atoms in total. The number of nitrogens with one attached hydrogen (secondary N) is 1. The smallest absolute Gasteiger partial charge is 0.135 e. The molecular formula is C12H19NO2. The Morgan fingerprint density at radius 2 is 2.47 bits per heavy atom. The van der Waals surface area contributed by atoms with Gasteiger partial charge in [-0.3, -0.25) is 0 Å². The molecule has 1 aliphatic heterocycles. The molecule has 0 radical (unpaired) electrons. The van der Waals surface area contributed by atoms with E-state index >= 15 is 0 Å². The minimum atomic E-state index is -0.849. The number of hydrogen-bond donors (Lipinski definition) is 2. The van der Waals surface area contributed by atoms with E-state index < -0.39 is 5.60 Å². The van der Waals surface area contributed by atoms with E-state index in [9.17, 15) is 5.11 Å². The van der Waals surface area contributed by atoms with Crippen molar-refractivity contribution in [3.8, 4) is 0 Å². The summed E-state index contributed by atoms with van der Waals surface area (Å²) in [5, 5.41) is 13.7. The molecule has 2 unspecified atom stereocenters. The quantitative estimate of drug-likeness (QED) is 0.800. The van der Waals surface area contributed by atoms with Crippen molar-refractivity contribution in [2.75, 3.05) is 6.54 Å². The van der Waals surface area contributed by atoms with Crippen LogP contribution < -0.4 is 5.32 Å². The van der Waals surface area contributed by atoms with Gasteiger partial charge in [-0.15, -0.1) is 0 Å².